The molecule has 1 N–H and O–H groups in total. The Kier molecular flexibility index (Phi) is 3.80. The van der Waals surface area contributed by atoms with E-state index in [0.717, 1.165) is 16.0 Å². The molecule has 0 fully saturated rings. The topological polar surface area (TPSA) is 12.0 Å². The van der Waals surface area contributed by atoms with E-state index in [1.165, 1.54) is 17.2 Å². The van der Waals surface area contributed by atoms with Crippen molar-refractivity contribution in [1.82, 2.24) is 0 Å². The monoisotopic (exact) mass is 337 g/mol. The van der Waals surface area contributed by atoms with Crippen LogP contribution in [0.2, 0.25) is 0 Å². The highest BCUT2D eigenvalue weighted by Crippen LogP contribution is 2.36. The molecule has 1 aliphatic rings. The second-order valence-corrected chi connectivity index (χ2v) is 6.39. The molecule has 1 atom stereocenters. The van der Waals surface area contributed by atoms with E-state index in [9.17, 15) is 4.39 Å². The van der Waals surface area contributed by atoms with Gasteiger partial charge in [-0.2, -0.15) is 11.8 Å². The van der Waals surface area contributed by atoms with Gasteiger partial charge in [-0.15, -0.1) is 0 Å². The van der Waals surface area contributed by atoms with E-state index >= 15 is 0 Å². The van der Waals surface area contributed by atoms with Crippen LogP contribution in [0.15, 0.2) is 46.9 Å². The Hall–Kier alpha value is -1.00. The van der Waals surface area contributed by atoms with Gasteiger partial charge in [0, 0.05) is 16.0 Å². The lowest BCUT2D eigenvalue weighted by atomic mass is 10.0. The second-order valence-electron chi connectivity index (χ2n) is 4.51. The van der Waals surface area contributed by atoms with Crippen LogP contribution < -0.4 is 5.32 Å². The smallest absolute Gasteiger partial charge is 0.147 e. The third kappa shape index (κ3) is 2.65. The molecule has 1 nitrogen and oxygen atoms in total. The van der Waals surface area contributed by atoms with Crippen LogP contribution in [0, 0.1) is 5.82 Å². The number of para-hydroxylation sites is 1. The Labute approximate surface area is 124 Å². The molecule has 98 valence electrons. The van der Waals surface area contributed by atoms with E-state index in [4.69, 9.17) is 0 Å². The molecule has 2 aromatic carbocycles. The van der Waals surface area contributed by atoms with Crippen LogP contribution in [0.4, 0.5) is 10.1 Å². The Morgan fingerprint density at radius 1 is 1.16 bits per heavy atom. The molecule has 3 rings (SSSR count). The van der Waals surface area contributed by atoms with Crippen LogP contribution in [-0.4, -0.2) is 5.75 Å². The van der Waals surface area contributed by atoms with Crippen molar-refractivity contribution in [2.75, 3.05) is 11.1 Å². The van der Waals surface area contributed by atoms with Gasteiger partial charge < -0.3 is 5.32 Å². The highest BCUT2D eigenvalue weighted by molar-refractivity contribution is 9.10. The predicted octanol–water partition coefficient (Wildman–Crippen LogP) is 4.99. The molecule has 0 bridgehead atoms. The van der Waals surface area contributed by atoms with Crippen LogP contribution >= 0.6 is 27.7 Å². The van der Waals surface area contributed by atoms with Gasteiger partial charge in [-0.25, -0.2) is 4.39 Å². The van der Waals surface area contributed by atoms with Crippen molar-refractivity contribution in [3.8, 4) is 0 Å². The normalized spacial score (nSPS) is 17.9. The third-order valence-electron chi connectivity index (χ3n) is 3.25. The number of hydrogen-bond donors (Lipinski definition) is 1. The minimum absolute atomic E-state index is 0.156. The Morgan fingerprint density at radius 3 is 2.84 bits per heavy atom. The number of hydrogen-bond acceptors (Lipinski definition) is 2. The molecular formula is C15H13BrFNS. The van der Waals surface area contributed by atoms with Crippen molar-refractivity contribution in [2.45, 2.75) is 11.8 Å². The fourth-order valence-electron chi connectivity index (χ4n) is 2.31. The molecule has 19 heavy (non-hydrogen) atoms. The van der Waals surface area contributed by atoms with Gasteiger partial charge in [0.1, 0.15) is 5.82 Å². The van der Waals surface area contributed by atoms with Crippen LogP contribution in [0.1, 0.15) is 17.2 Å². The minimum Gasteiger partial charge on any atom is -0.374 e. The predicted molar refractivity (Wildman–Crippen MR) is 83.1 cm³/mol. The first-order valence-corrected chi connectivity index (χ1v) is 8.06. The van der Waals surface area contributed by atoms with Gasteiger partial charge in [-0.3, -0.25) is 0 Å². The maximum atomic E-state index is 13.9. The van der Waals surface area contributed by atoms with E-state index in [2.05, 4.69) is 39.4 Å². The molecule has 0 radical (unpaired) electrons. The average molecular weight is 338 g/mol. The van der Waals surface area contributed by atoms with Crippen LogP contribution in [-0.2, 0) is 5.75 Å². The molecule has 0 saturated carbocycles. The van der Waals surface area contributed by atoms with Gasteiger partial charge >= 0.3 is 0 Å². The molecule has 0 aromatic heterocycles. The summed E-state index contributed by atoms with van der Waals surface area (Å²) >= 11 is 5.28. The molecule has 0 saturated heterocycles. The lowest BCUT2D eigenvalue weighted by molar-refractivity contribution is 0.626. The van der Waals surface area contributed by atoms with Crippen molar-refractivity contribution in [2.24, 2.45) is 0 Å². The van der Waals surface area contributed by atoms with Crippen LogP contribution in [0.3, 0.4) is 0 Å². The molecule has 4 heteroatoms. The zero-order chi connectivity index (χ0) is 13.2. The summed E-state index contributed by atoms with van der Waals surface area (Å²) in [6.45, 7) is 0. The third-order valence-corrected chi connectivity index (χ3v) is 5.00. The van der Waals surface area contributed by atoms with Gasteiger partial charge in [0.25, 0.3) is 0 Å². The van der Waals surface area contributed by atoms with E-state index < -0.39 is 0 Å². The number of halogens is 2. The van der Waals surface area contributed by atoms with Gasteiger partial charge in [-0.1, -0.05) is 30.3 Å². The number of fused-ring (bicyclic) bond motifs is 1. The van der Waals surface area contributed by atoms with E-state index in [1.807, 2.05) is 23.9 Å². The fraction of sp³-hybridized carbons (Fsp3) is 0.200. The Balaban J connectivity index is 1.93. The molecule has 0 aliphatic carbocycles. The van der Waals surface area contributed by atoms with Gasteiger partial charge in [0.15, 0.2) is 0 Å². The summed E-state index contributed by atoms with van der Waals surface area (Å²) in [5.74, 6) is 1.77. The second kappa shape index (κ2) is 5.55. The molecule has 1 heterocycles. The van der Waals surface area contributed by atoms with E-state index in [1.54, 1.807) is 6.07 Å². The summed E-state index contributed by atoms with van der Waals surface area (Å²) in [6.07, 6.45) is 0. The summed E-state index contributed by atoms with van der Waals surface area (Å²) in [4.78, 5) is 0. The first-order chi connectivity index (χ1) is 9.25. The quantitative estimate of drug-likeness (QED) is 0.828. The van der Waals surface area contributed by atoms with Crippen molar-refractivity contribution in [3.63, 3.8) is 0 Å². The number of benzene rings is 2. The van der Waals surface area contributed by atoms with Crippen LogP contribution in [0.25, 0.3) is 0 Å². The standard InChI is InChI=1S/C15H13BrFNS/c16-12-6-3-7-13(17)15(12)18-14-9-19-8-10-4-1-2-5-11(10)14/h1-7,14,18H,8-9H2. The fourth-order valence-corrected chi connectivity index (χ4v) is 3.87. The summed E-state index contributed by atoms with van der Waals surface area (Å²) in [7, 11) is 0. The summed E-state index contributed by atoms with van der Waals surface area (Å²) in [5.41, 5.74) is 3.16. The van der Waals surface area contributed by atoms with Gasteiger partial charge in [0.05, 0.1) is 11.7 Å². The number of nitrogens with one attached hydrogen (secondary N) is 1. The molecular weight excluding hydrogens is 325 g/mol. The summed E-state index contributed by atoms with van der Waals surface area (Å²) < 4.78 is 14.6. The first-order valence-electron chi connectivity index (χ1n) is 6.12. The zero-order valence-electron chi connectivity index (χ0n) is 10.2. The molecule has 2 aromatic rings. The van der Waals surface area contributed by atoms with Crippen LogP contribution in [0.5, 0.6) is 0 Å². The van der Waals surface area contributed by atoms with Crippen molar-refractivity contribution in [1.29, 1.82) is 0 Å². The molecule has 0 amide bonds. The molecule has 0 spiro atoms. The lowest BCUT2D eigenvalue weighted by Gasteiger charge is -2.27. The SMILES string of the molecule is Fc1cccc(Br)c1NC1CSCc2ccccc21. The zero-order valence-corrected chi connectivity index (χ0v) is 12.6. The number of anilines is 1. The van der Waals surface area contributed by atoms with Crippen molar-refractivity contribution < 1.29 is 4.39 Å². The maximum Gasteiger partial charge on any atom is 0.147 e. The Bertz CT molecular complexity index is 582. The maximum absolute atomic E-state index is 13.9. The molecule has 1 unspecified atom stereocenters. The molecule has 1 aliphatic heterocycles. The number of rotatable bonds is 2. The average Bonchev–Trinajstić information content (AvgIpc) is 2.43. The van der Waals surface area contributed by atoms with Gasteiger partial charge in [-0.05, 0) is 39.2 Å². The highest BCUT2D eigenvalue weighted by Gasteiger charge is 2.21. The largest absolute Gasteiger partial charge is 0.374 e. The minimum atomic E-state index is -0.220. The summed E-state index contributed by atoms with van der Waals surface area (Å²) in [6, 6.07) is 13.6. The van der Waals surface area contributed by atoms with Gasteiger partial charge in [0.2, 0.25) is 0 Å². The summed E-state index contributed by atoms with van der Waals surface area (Å²) in [5, 5.41) is 3.33. The number of thioether (sulfide) groups is 1. The van der Waals surface area contributed by atoms with Crippen molar-refractivity contribution >= 4 is 33.4 Å². The van der Waals surface area contributed by atoms with E-state index in [-0.39, 0.29) is 11.9 Å². The van der Waals surface area contributed by atoms with Crippen molar-refractivity contribution in [3.05, 3.63) is 63.9 Å². The van der Waals surface area contributed by atoms with E-state index in [0.29, 0.717) is 5.69 Å². The lowest BCUT2D eigenvalue weighted by Crippen LogP contribution is -2.19. The Morgan fingerprint density at radius 2 is 2.00 bits per heavy atom. The highest BCUT2D eigenvalue weighted by atomic mass is 79.9. The first kappa shape index (κ1) is 13.0.